The van der Waals surface area contributed by atoms with Crippen LogP contribution in [0.1, 0.15) is 41.7 Å². The number of carbonyl (C=O) groups excluding carboxylic acids is 1. The van der Waals surface area contributed by atoms with E-state index in [9.17, 15) is 4.79 Å². The number of anilines is 1. The van der Waals surface area contributed by atoms with Crippen LogP contribution in [-0.2, 0) is 5.41 Å². The molecular weight excluding hydrogens is 258 g/mol. The van der Waals surface area contributed by atoms with E-state index in [1.807, 2.05) is 25.1 Å². The molecule has 100 valence electrons. The van der Waals surface area contributed by atoms with Gasteiger partial charge in [-0.3, -0.25) is 10.1 Å². The monoisotopic (exact) mass is 275 g/mol. The van der Waals surface area contributed by atoms with E-state index >= 15 is 0 Å². The molecule has 0 atom stereocenters. The van der Waals surface area contributed by atoms with Gasteiger partial charge in [-0.25, -0.2) is 0 Å². The number of hydrogen-bond acceptors (Lipinski definition) is 4. The van der Waals surface area contributed by atoms with Crippen molar-refractivity contribution in [3.63, 3.8) is 0 Å². The molecule has 0 unspecified atom stereocenters. The summed E-state index contributed by atoms with van der Waals surface area (Å²) in [5.41, 5.74) is 1.64. The maximum Gasteiger partial charge on any atom is 0.257 e. The molecule has 1 N–H and O–H groups in total. The Morgan fingerprint density at radius 2 is 2.00 bits per heavy atom. The van der Waals surface area contributed by atoms with E-state index in [2.05, 4.69) is 36.3 Å². The normalized spacial score (nSPS) is 11.4. The van der Waals surface area contributed by atoms with Crippen molar-refractivity contribution in [2.24, 2.45) is 0 Å². The minimum absolute atomic E-state index is 0.0516. The van der Waals surface area contributed by atoms with Crippen molar-refractivity contribution < 1.29 is 4.79 Å². The average molecular weight is 275 g/mol. The Balaban J connectivity index is 2.13. The Bertz CT molecular complexity index is 599. The largest absolute Gasteiger partial charge is 0.296 e. The quantitative estimate of drug-likeness (QED) is 0.914. The van der Waals surface area contributed by atoms with Crippen LogP contribution in [0.5, 0.6) is 0 Å². The summed E-state index contributed by atoms with van der Waals surface area (Å²) in [4.78, 5) is 12.1. The fraction of sp³-hybridized carbons (Fsp3) is 0.357. The maximum atomic E-state index is 12.1. The fourth-order valence-electron chi connectivity index (χ4n) is 1.53. The van der Waals surface area contributed by atoms with E-state index in [1.54, 1.807) is 6.07 Å². The first-order chi connectivity index (χ1) is 8.86. The lowest BCUT2D eigenvalue weighted by atomic mass is 9.98. The van der Waals surface area contributed by atoms with Gasteiger partial charge in [0.2, 0.25) is 5.13 Å². The second kappa shape index (κ2) is 5.09. The van der Waals surface area contributed by atoms with E-state index in [-0.39, 0.29) is 11.3 Å². The molecular formula is C14H17N3OS. The van der Waals surface area contributed by atoms with Gasteiger partial charge >= 0.3 is 0 Å². The van der Waals surface area contributed by atoms with Crippen molar-refractivity contribution in [3.05, 3.63) is 40.4 Å². The smallest absolute Gasteiger partial charge is 0.257 e. The van der Waals surface area contributed by atoms with Crippen LogP contribution in [0.3, 0.4) is 0 Å². The molecule has 0 bridgehead atoms. The second-order valence-electron chi connectivity index (χ2n) is 5.49. The molecule has 19 heavy (non-hydrogen) atoms. The maximum absolute atomic E-state index is 12.1. The molecule has 1 heterocycles. The van der Waals surface area contributed by atoms with Crippen molar-refractivity contribution in [2.75, 3.05) is 5.32 Å². The lowest BCUT2D eigenvalue weighted by Gasteiger charge is -2.12. The number of hydrogen-bond donors (Lipinski definition) is 1. The number of aryl methyl sites for hydroxylation is 1. The highest BCUT2D eigenvalue weighted by atomic mass is 32.1. The third kappa shape index (κ3) is 3.38. The molecule has 0 aliphatic heterocycles. The number of rotatable bonds is 2. The predicted molar refractivity (Wildman–Crippen MR) is 77.7 cm³/mol. The Labute approximate surface area is 116 Å². The van der Waals surface area contributed by atoms with Gasteiger partial charge in [0.05, 0.1) is 0 Å². The molecule has 2 aromatic rings. The zero-order valence-corrected chi connectivity index (χ0v) is 12.3. The molecule has 5 heteroatoms. The van der Waals surface area contributed by atoms with Crippen LogP contribution < -0.4 is 5.32 Å². The van der Waals surface area contributed by atoms with Crippen LogP contribution in [0.2, 0.25) is 0 Å². The van der Waals surface area contributed by atoms with Gasteiger partial charge in [-0.05, 0) is 19.1 Å². The van der Waals surface area contributed by atoms with Gasteiger partial charge in [0, 0.05) is 11.0 Å². The zero-order valence-electron chi connectivity index (χ0n) is 11.5. The van der Waals surface area contributed by atoms with E-state index in [0.29, 0.717) is 10.7 Å². The summed E-state index contributed by atoms with van der Waals surface area (Å²) < 4.78 is 0. The zero-order chi connectivity index (χ0) is 14.0. The molecule has 2 rings (SSSR count). The van der Waals surface area contributed by atoms with Crippen LogP contribution in [0, 0.1) is 6.92 Å². The lowest BCUT2D eigenvalue weighted by Crippen LogP contribution is -2.11. The van der Waals surface area contributed by atoms with Gasteiger partial charge in [-0.1, -0.05) is 49.8 Å². The standard InChI is InChI=1S/C14H17N3OS/c1-9-6-5-7-10(8-9)11(18)15-13-17-16-12(19-13)14(2,3)4/h5-8H,1-4H3,(H,15,17,18). The summed E-state index contributed by atoms with van der Waals surface area (Å²) in [6, 6.07) is 7.46. The summed E-state index contributed by atoms with van der Waals surface area (Å²) in [5.74, 6) is -0.152. The molecule has 1 amide bonds. The molecule has 0 radical (unpaired) electrons. The van der Waals surface area contributed by atoms with Crippen LogP contribution in [0.25, 0.3) is 0 Å². The first-order valence-electron chi connectivity index (χ1n) is 6.08. The molecule has 1 aromatic carbocycles. The highest BCUT2D eigenvalue weighted by Gasteiger charge is 2.20. The van der Waals surface area contributed by atoms with Crippen molar-refractivity contribution in [3.8, 4) is 0 Å². The highest BCUT2D eigenvalue weighted by molar-refractivity contribution is 7.15. The van der Waals surface area contributed by atoms with Crippen molar-refractivity contribution in [2.45, 2.75) is 33.1 Å². The first kappa shape index (κ1) is 13.7. The molecule has 0 aliphatic carbocycles. The summed E-state index contributed by atoms with van der Waals surface area (Å²) >= 11 is 1.41. The van der Waals surface area contributed by atoms with Crippen LogP contribution in [-0.4, -0.2) is 16.1 Å². The Kier molecular flexibility index (Phi) is 3.66. The molecule has 0 spiro atoms. The fourth-order valence-corrected chi connectivity index (χ4v) is 2.33. The number of amides is 1. The van der Waals surface area contributed by atoms with Gasteiger partial charge in [-0.15, -0.1) is 10.2 Å². The van der Waals surface area contributed by atoms with E-state index < -0.39 is 0 Å². The Morgan fingerprint density at radius 3 is 2.58 bits per heavy atom. The summed E-state index contributed by atoms with van der Waals surface area (Å²) in [6.45, 7) is 8.17. The van der Waals surface area contributed by atoms with Crippen LogP contribution in [0.4, 0.5) is 5.13 Å². The van der Waals surface area contributed by atoms with Gasteiger partial charge in [0.15, 0.2) is 0 Å². The summed E-state index contributed by atoms with van der Waals surface area (Å²) in [5, 5.41) is 12.3. The third-order valence-corrected chi connectivity index (χ3v) is 3.83. The second-order valence-corrected chi connectivity index (χ2v) is 6.46. The number of nitrogens with one attached hydrogen (secondary N) is 1. The number of carbonyl (C=O) groups is 1. The van der Waals surface area contributed by atoms with E-state index in [0.717, 1.165) is 10.6 Å². The molecule has 4 nitrogen and oxygen atoms in total. The molecule has 0 saturated heterocycles. The number of benzene rings is 1. The number of aromatic nitrogens is 2. The van der Waals surface area contributed by atoms with Crippen molar-refractivity contribution >= 4 is 22.4 Å². The Hall–Kier alpha value is -1.75. The summed E-state index contributed by atoms with van der Waals surface area (Å²) in [7, 11) is 0. The number of nitrogens with zero attached hydrogens (tertiary/aromatic N) is 2. The van der Waals surface area contributed by atoms with E-state index in [1.165, 1.54) is 11.3 Å². The van der Waals surface area contributed by atoms with Gasteiger partial charge < -0.3 is 0 Å². The topological polar surface area (TPSA) is 54.9 Å². The predicted octanol–water partition coefficient (Wildman–Crippen LogP) is 3.40. The van der Waals surface area contributed by atoms with Crippen LogP contribution >= 0.6 is 11.3 Å². The lowest BCUT2D eigenvalue weighted by molar-refractivity contribution is 0.102. The van der Waals surface area contributed by atoms with Crippen molar-refractivity contribution in [1.82, 2.24) is 10.2 Å². The van der Waals surface area contributed by atoms with Crippen molar-refractivity contribution in [1.29, 1.82) is 0 Å². The van der Waals surface area contributed by atoms with Gasteiger partial charge in [0.25, 0.3) is 5.91 Å². The molecule has 0 saturated carbocycles. The minimum Gasteiger partial charge on any atom is -0.296 e. The minimum atomic E-state index is -0.152. The first-order valence-corrected chi connectivity index (χ1v) is 6.90. The average Bonchev–Trinajstić information content (AvgIpc) is 2.77. The highest BCUT2D eigenvalue weighted by Crippen LogP contribution is 2.27. The molecule has 0 aliphatic rings. The third-order valence-electron chi connectivity index (χ3n) is 2.57. The summed E-state index contributed by atoms with van der Waals surface area (Å²) in [6.07, 6.45) is 0. The molecule has 1 aromatic heterocycles. The Morgan fingerprint density at radius 1 is 1.26 bits per heavy atom. The van der Waals surface area contributed by atoms with Gasteiger partial charge in [0.1, 0.15) is 5.01 Å². The van der Waals surface area contributed by atoms with E-state index in [4.69, 9.17) is 0 Å². The van der Waals surface area contributed by atoms with Crippen LogP contribution in [0.15, 0.2) is 24.3 Å². The SMILES string of the molecule is Cc1cccc(C(=O)Nc2nnc(C(C)(C)C)s2)c1. The van der Waals surface area contributed by atoms with Gasteiger partial charge in [-0.2, -0.15) is 0 Å². The molecule has 0 fully saturated rings.